The van der Waals surface area contributed by atoms with Crippen LogP contribution in [0, 0.1) is 6.92 Å². The van der Waals surface area contributed by atoms with Crippen molar-refractivity contribution in [2.75, 3.05) is 17.7 Å². The smallest absolute Gasteiger partial charge is 0.275 e. The average Bonchev–Trinajstić information content (AvgIpc) is 3.31. The van der Waals surface area contributed by atoms with Crippen LogP contribution in [0.3, 0.4) is 0 Å². The van der Waals surface area contributed by atoms with E-state index in [0.717, 1.165) is 11.1 Å². The monoisotopic (exact) mass is 474 g/mol. The predicted octanol–water partition coefficient (Wildman–Crippen LogP) is 5.41. The highest BCUT2D eigenvalue weighted by molar-refractivity contribution is 6.31. The fraction of sp³-hybridized carbons (Fsp3) is 0.115. The molecule has 0 saturated heterocycles. The first kappa shape index (κ1) is 23.1. The van der Waals surface area contributed by atoms with Crippen molar-refractivity contribution in [2.45, 2.75) is 13.5 Å². The molecule has 0 spiro atoms. The van der Waals surface area contributed by atoms with Gasteiger partial charge in [0.05, 0.1) is 19.0 Å². The summed E-state index contributed by atoms with van der Waals surface area (Å²) in [5.74, 6) is -0.0361. The van der Waals surface area contributed by atoms with Gasteiger partial charge in [-0.2, -0.15) is 0 Å². The molecule has 0 fully saturated rings. The van der Waals surface area contributed by atoms with E-state index in [1.54, 1.807) is 42.9 Å². The fourth-order valence-corrected chi connectivity index (χ4v) is 3.59. The van der Waals surface area contributed by atoms with Crippen molar-refractivity contribution < 1.29 is 14.3 Å². The standard InChI is InChI=1S/C26H23ClN4O3/c1-17-7-10-19(27)13-22(17)30-26(33)23-15-31(16-28-23)14-18-8-11-20(12-9-18)29-25(32)21-5-3-4-6-24(21)34-2/h3-13,15-16H,14H2,1-2H3,(H,29,32)(H,30,33). The maximum absolute atomic E-state index is 12.6. The minimum Gasteiger partial charge on any atom is -0.496 e. The second kappa shape index (κ2) is 10.2. The highest BCUT2D eigenvalue weighted by atomic mass is 35.5. The number of anilines is 2. The van der Waals surface area contributed by atoms with E-state index in [2.05, 4.69) is 15.6 Å². The molecule has 7 nitrogen and oxygen atoms in total. The minimum atomic E-state index is -0.307. The number of rotatable bonds is 7. The van der Waals surface area contributed by atoms with Crippen molar-refractivity contribution in [2.24, 2.45) is 0 Å². The van der Waals surface area contributed by atoms with Crippen molar-refractivity contribution in [3.05, 3.63) is 107 Å². The van der Waals surface area contributed by atoms with E-state index in [1.165, 1.54) is 7.11 Å². The van der Waals surface area contributed by atoms with Crippen LogP contribution >= 0.6 is 11.6 Å². The topological polar surface area (TPSA) is 85.2 Å². The summed E-state index contributed by atoms with van der Waals surface area (Å²) in [6.07, 6.45) is 3.30. The van der Waals surface area contributed by atoms with Crippen molar-refractivity contribution in [3.63, 3.8) is 0 Å². The molecule has 3 aromatic carbocycles. The molecule has 172 valence electrons. The molecule has 2 N–H and O–H groups in total. The number of hydrogen-bond donors (Lipinski definition) is 2. The number of carbonyl (C=O) groups excluding carboxylic acids is 2. The van der Waals surface area contributed by atoms with Crippen LogP contribution < -0.4 is 15.4 Å². The number of ether oxygens (including phenoxy) is 1. The molecule has 4 aromatic rings. The largest absolute Gasteiger partial charge is 0.496 e. The molecule has 0 aliphatic rings. The predicted molar refractivity (Wildman–Crippen MR) is 133 cm³/mol. The van der Waals surface area contributed by atoms with Crippen LogP contribution in [-0.2, 0) is 6.54 Å². The fourth-order valence-electron chi connectivity index (χ4n) is 3.41. The highest BCUT2D eigenvalue weighted by Gasteiger charge is 2.13. The zero-order valence-corrected chi connectivity index (χ0v) is 19.5. The van der Waals surface area contributed by atoms with E-state index in [9.17, 15) is 9.59 Å². The van der Waals surface area contributed by atoms with Crippen LogP contribution in [0.15, 0.2) is 79.3 Å². The number of halogens is 1. The molecule has 0 aliphatic carbocycles. The number of amides is 2. The molecule has 0 unspecified atom stereocenters. The summed E-state index contributed by atoms with van der Waals surface area (Å²) < 4.78 is 7.07. The van der Waals surface area contributed by atoms with Crippen LogP contribution in [0.1, 0.15) is 32.0 Å². The molecule has 2 amide bonds. The van der Waals surface area contributed by atoms with Crippen LogP contribution in [0.2, 0.25) is 5.02 Å². The Hall–Kier alpha value is -4.10. The molecule has 0 aliphatic heterocycles. The Balaban J connectivity index is 1.38. The van der Waals surface area contributed by atoms with Gasteiger partial charge >= 0.3 is 0 Å². The van der Waals surface area contributed by atoms with Crippen LogP contribution in [0.4, 0.5) is 11.4 Å². The van der Waals surface area contributed by atoms with E-state index in [0.29, 0.717) is 39.9 Å². The number of aryl methyl sites for hydroxylation is 1. The Kier molecular flexibility index (Phi) is 6.94. The molecule has 34 heavy (non-hydrogen) atoms. The molecular formula is C26H23ClN4O3. The summed E-state index contributed by atoms with van der Waals surface area (Å²) in [6, 6.07) is 19.9. The van der Waals surface area contributed by atoms with Crippen LogP contribution in [0.25, 0.3) is 0 Å². The Morgan fingerprint density at radius 1 is 1.00 bits per heavy atom. The van der Waals surface area contributed by atoms with Gasteiger partial charge in [-0.3, -0.25) is 9.59 Å². The molecule has 0 saturated carbocycles. The molecule has 1 aromatic heterocycles. The van der Waals surface area contributed by atoms with Crippen molar-refractivity contribution in [3.8, 4) is 5.75 Å². The molecule has 1 heterocycles. The third-order valence-electron chi connectivity index (χ3n) is 5.24. The summed E-state index contributed by atoms with van der Waals surface area (Å²) in [4.78, 5) is 29.3. The molecule has 0 radical (unpaired) electrons. The summed E-state index contributed by atoms with van der Waals surface area (Å²) >= 11 is 6.02. The Labute approximate surface area is 202 Å². The number of nitrogens with zero attached hydrogens (tertiary/aromatic N) is 2. The van der Waals surface area contributed by atoms with Gasteiger partial charge in [0.15, 0.2) is 0 Å². The highest BCUT2D eigenvalue weighted by Crippen LogP contribution is 2.21. The van der Waals surface area contributed by atoms with Crippen molar-refractivity contribution in [1.29, 1.82) is 0 Å². The lowest BCUT2D eigenvalue weighted by atomic mass is 10.1. The third kappa shape index (κ3) is 5.44. The number of nitrogens with one attached hydrogen (secondary N) is 2. The summed E-state index contributed by atoms with van der Waals surface area (Å²) in [6.45, 7) is 2.42. The second-order valence-electron chi connectivity index (χ2n) is 7.70. The quantitative estimate of drug-likeness (QED) is 0.375. The average molecular weight is 475 g/mol. The molecule has 4 rings (SSSR count). The number of methoxy groups -OCH3 is 1. The second-order valence-corrected chi connectivity index (χ2v) is 8.13. The van der Waals surface area contributed by atoms with E-state index in [1.807, 2.05) is 47.9 Å². The van der Waals surface area contributed by atoms with Gasteiger partial charge in [-0.25, -0.2) is 4.98 Å². The maximum atomic E-state index is 12.6. The first-order valence-corrected chi connectivity index (χ1v) is 10.9. The van der Waals surface area contributed by atoms with E-state index < -0.39 is 0 Å². The molecule has 8 heteroatoms. The number of hydrogen-bond acceptors (Lipinski definition) is 4. The minimum absolute atomic E-state index is 0.245. The zero-order chi connectivity index (χ0) is 24.1. The van der Waals surface area contributed by atoms with Gasteiger partial charge < -0.3 is 19.9 Å². The van der Waals surface area contributed by atoms with Gasteiger partial charge in [-0.05, 0) is 54.4 Å². The van der Waals surface area contributed by atoms with E-state index >= 15 is 0 Å². The van der Waals surface area contributed by atoms with Gasteiger partial charge in [0.25, 0.3) is 11.8 Å². The molecule has 0 atom stereocenters. The Morgan fingerprint density at radius 3 is 2.53 bits per heavy atom. The lowest BCUT2D eigenvalue weighted by molar-refractivity contribution is 0.101. The first-order valence-electron chi connectivity index (χ1n) is 10.6. The van der Waals surface area contributed by atoms with Gasteiger partial charge in [-0.1, -0.05) is 41.9 Å². The van der Waals surface area contributed by atoms with Gasteiger partial charge in [-0.15, -0.1) is 0 Å². The van der Waals surface area contributed by atoms with Crippen molar-refractivity contribution >= 4 is 34.8 Å². The normalized spacial score (nSPS) is 10.6. The van der Waals surface area contributed by atoms with Gasteiger partial charge in [0.2, 0.25) is 0 Å². The third-order valence-corrected chi connectivity index (χ3v) is 5.48. The van der Waals surface area contributed by atoms with Crippen LogP contribution in [0.5, 0.6) is 5.75 Å². The summed E-state index contributed by atoms with van der Waals surface area (Å²) in [5, 5.41) is 6.27. The summed E-state index contributed by atoms with van der Waals surface area (Å²) in [7, 11) is 1.53. The van der Waals surface area contributed by atoms with E-state index in [4.69, 9.17) is 16.3 Å². The molecular weight excluding hydrogens is 452 g/mol. The molecule has 0 bridgehead atoms. The number of benzene rings is 3. The zero-order valence-electron chi connectivity index (χ0n) is 18.7. The number of para-hydroxylation sites is 1. The Morgan fingerprint density at radius 2 is 1.76 bits per heavy atom. The maximum Gasteiger partial charge on any atom is 0.275 e. The van der Waals surface area contributed by atoms with Gasteiger partial charge in [0, 0.05) is 29.1 Å². The SMILES string of the molecule is COc1ccccc1C(=O)Nc1ccc(Cn2cnc(C(=O)Nc3cc(Cl)ccc3C)c2)cc1. The number of imidazole rings is 1. The summed E-state index contributed by atoms with van der Waals surface area (Å²) in [5.41, 5.74) is 3.99. The number of aromatic nitrogens is 2. The lowest BCUT2D eigenvalue weighted by Gasteiger charge is -2.10. The lowest BCUT2D eigenvalue weighted by Crippen LogP contribution is -2.13. The first-order chi connectivity index (χ1) is 16.4. The van der Waals surface area contributed by atoms with Gasteiger partial charge in [0.1, 0.15) is 11.4 Å². The van der Waals surface area contributed by atoms with E-state index in [-0.39, 0.29) is 11.8 Å². The van der Waals surface area contributed by atoms with Crippen molar-refractivity contribution in [1.82, 2.24) is 9.55 Å². The van der Waals surface area contributed by atoms with Crippen LogP contribution in [-0.4, -0.2) is 28.5 Å². The Bertz CT molecular complexity index is 1330. The number of carbonyl (C=O) groups is 2.